The van der Waals surface area contributed by atoms with Crippen LogP contribution < -0.4 is 10.6 Å². The van der Waals surface area contributed by atoms with E-state index >= 15 is 0 Å². The van der Waals surface area contributed by atoms with Gasteiger partial charge in [-0.25, -0.2) is 0 Å². The minimum atomic E-state index is 0.215. The SMILES string of the molecule is CCN1CCN(CC(C)CNC(=NC)NCC2(c3cccc(Cl)c3)CC2)CC1. The molecule has 2 N–H and O–H groups in total. The molecule has 2 aliphatic rings. The molecule has 1 aliphatic heterocycles. The molecule has 5 nitrogen and oxygen atoms in total. The van der Waals surface area contributed by atoms with E-state index in [0.29, 0.717) is 5.92 Å². The molecule has 1 atom stereocenters. The molecule has 1 saturated carbocycles. The maximum atomic E-state index is 6.19. The first-order valence-electron chi connectivity index (χ1n) is 10.7. The van der Waals surface area contributed by atoms with Crippen LogP contribution in [0.4, 0.5) is 0 Å². The molecule has 1 aromatic rings. The zero-order chi connectivity index (χ0) is 20.0. The summed E-state index contributed by atoms with van der Waals surface area (Å²) in [5.74, 6) is 1.49. The highest BCUT2D eigenvalue weighted by Crippen LogP contribution is 2.48. The lowest BCUT2D eigenvalue weighted by molar-refractivity contribution is 0.124. The van der Waals surface area contributed by atoms with Gasteiger partial charge in [0.05, 0.1) is 0 Å². The molecule has 1 saturated heterocycles. The second-order valence-corrected chi connectivity index (χ2v) is 8.87. The Morgan fingerprint density at radius 2 is 1.89 bits per heavy atom. The number of likely N-dealkylation sites (N-methyl/N-ethyl adjacent to an activating group) is 1. The number of rotatable bonds is 8. The van der Waals surface area contributed by atoms with Crippen molar-refractivity contribution in [1.82, 2.24) is 20.4 Å². The van der Waals surface area contributed by atoms with Gasteiger partial charge in [-0.3, -0.25) is 4.99 Å². The van der Waals surface area contributed by atoms with Crippen molar-refractivity contribution in [3.05, 3.63) is 34.9 Å². The number of guanidine groups is 1. The Morgan fingerprint density at radius 3 is 2.50 bits per heavy atom. The lowest BCUT2D eigenvalue weighted by Gasteiger charge is -2.35. The number of benzene rings is 1. The van der Waals surface area contributed by atoms with E-state index in [0.717, 1.165) is 30.6 Å². The molecule has 0 spiro atoms. The van der Waals surface area contributed by atoms with E-state index in [9.17, 15) is 0 Å². The quantitative estimate of drug-likeness (QED) is 0.515. The standard InChI is InChI=1S/C22H36ClN5/c1-4-27-10-12-28(13-11-27)16-18(2)15-25-21(24-3)26-17-22(8-9-22)19-6-5-7-20(23)14-19/h5-7,14,18H,4,8-13,15-17H2,1-3H3,(H2,24,25,26). The lowest BCUT2D eigenvalue weighted by atomic mass is 9.96. The Kier molecular flexibility index (Phi) is 7.61. The molecule has 156 valence electrons. The third-order valence-corrected chi connectivity index (χ3v) is 6.44. The molecule has 0 radical (unpaired) electrons. The van der Waals surface area contributed by atoms with Gasteiger partial charge in [0.25, 0.3) is 0 Å². The number of piperazine rings is 1. The minimum Gasteiger partial charge on any atom is -0.356 e. The Morgan fingerprint density at radius 1 is 1.18 bits per heavy atom. The molecule has 2 fully saturated rings. The highest BCUT2D eigenvalue weighted by Gasteiger charge is 2.44. The van der Waals surface area contributed by atoms with Gasteiger partial charge in [0, 0.05) is 63.3 Å². The Hall–Kier alpha value is -1.30. The van der Waals surface area contributed by atoms with E-state index in [-0.39, 0.29) is 5.41 Å². The summed E-state index contributed by atoms with van der Waals surface area (Å²) >= 11 is 6.19. The number of hydrogen-bond acceptors (Lipinski definition) is 3. The van der Waals surface area contributed by atoms with Crippen LogP contribution >= 0.6 is 11.6 Å². The smallest absolute Gasteiger partial charge is 0.191 e. The molecule has 1 heterocycles. The van der Waals surface area contributed by atoms with E-state index in [2.05, 4.69) is 51.4 Å². The van der Waals surface area contributed by atoms with E-state index in [1.165, 1.54) is 51.1 Å². The predicted molar refractivity (Wildman–Crippen MR) is 119 cm³/mol. The third kappa shape index (κ3) is 5.85. The summed E-state index contributed by atoms with van der Waals surface area (Å²) in [6, 6.07) is 8.29. The summed E-state index contributed by atoms with van der Waals surface area (Å²) < 4.78 is 0. The van der Waals surface area contributed by atoms with E-state index in [1.807, 2.05) is 19.2 Å². The first-order chi connectivity index (χ1) is 13.5. The number of nitrogens with one attached hydrogen (secondary N) is 2. The molecule has 0 bridgehead atoms. The topological polar surface area (TPSA) is 42.9 Å². The summed E-state index contributed by atoms with van der Waals surface area (Å²) in [6.07, 6.45) is 2.41. The summed E-state index contributed by atoms with van der Waals surface area (Å²) in [5.41, 5.74) is 1.55. The number of halogens is 1. The fraction of sp³-hybridized carbons (Fsp3) is 0.682. The van der Waals surface area contributed by atoms with Crippen molar-refractivity contribution in [2.24, 2.45) is 10.9 Å². The van der Waals surface area contributed by atoms with Gasteiger partial charge in [0.2, 0.25) is 0 Å². The predicted octanol–water partition coefficient (Wildman–Crippen LogP) is 2.81. The van der Waals surface area contributed by atoms with Crippen molar-refractivity contribution in [3.8, 4) is 0 Å². The fourth-order valence-corrected chi connectivity index (χ4v) is 4.26. The molecule has 0 aromatic heterocycles. The van der Waals surface area contributed by atoms with Gasteiger partial charge in [-0.15, -0.1) is 0 Å². The van der Waals surface area contributed by atoms with Gasteiger partial charge in [-0.05, 0) is 43.0 Å². The van der Waals surface area contributed by atoms with E-state index in [1.54, 1.807) is 0 Å². The molecular formula is C22H36ClN5. The summed E-state index contributed by atoms with van der Waals surface area (Å²) in [7, 11) is 1.85. The zero-order valence-electron chi connectivity index (χ0n) is 17.7. The van der Waals surface area contributed by atoms with Crippen LogP contribution in [0.5, 0.6) is 0 Å². The molecule has 1 aliphatic carbocycles. The van der Waals surface area contributed by atoms with Gasteiger partial charge >= 0.3 is 0 Å². The summed E-state index contributed by atoms with van der Waals surface area (Å²) in [5, 5.41) is 7.88. The van der Waals surface area contributed by atoms with Crippen LogP contribution in [0.1, 0.15) is 32.3 Å². The molecule has 3 rings (SSSR count). The van der Waals surface area contributed by atoms with E-state index < -0.39 is 0 Å². The second kappa shape index (κ2) is 9.95. The second-order valence-electron chi connectivity index (χ2n) is 8.44. The zero-order valence-corrected chi connectivity index (χ0v) is 18.4. The molecule has 1 aromatic carbocycles. The highest BCUT2D eigenvalue weighted by atomic mass is 35.5. The number of nitrogens with zero attached hydrogens (tertiary/aromatic N) is 3. The monoisotopic (exact) mass is 405 g/mol. The first kappa shape index (κ1) is 21.4. The van der Waals surface area contributed by atoms with Crippen LogP contribution in [0.3, 0.4) is 0 Å². The van der Waals surface area contributed by atoms with E-state index in [4.69, 9.17) is 11.6 Å². The van der Waals surface area contributed by atoms with Crippen molar-refractivity contribution >= 4 is 17.6 Å². The largest absolute Gasteiger partial charge is 0.356 e. The van der Waals surface area contributed by atoms with Crippen LogP contribution in [0.2, 0.25) is 5.02 Å². The molecule has 6 heteroatoms. The van der Waals surface area contributed by atoms with Gasteiger partial charge in [-0.1, -0.05) is 37.6 Å². The number of aliphatic imine (C=N–C) groups is 1. The highest BCUT2D eigenvalue weighted by molar-refractivity contribution is 6.30. The van der Waals surface area contributed by atoms with Gasteiger partial charge in [0.1, 0.15) is 0 Å². The molecular weight excluding hydrogens is 370 g/mol. The van der Waals surface area contributed by atoms with Gasteiger partial charge in [-0.2, -0.15) is 0 Å². The normalized spacial score (nSPS) is 21.4. The Bertz CT molecular complexity index is 650. The fourth-order valence-electron chi connectivity index (χ4n) is 4.07. The minimum absolute atomic E-state index is 0.215. The van der Waals surface area contributed by atoms with Crippen molar-refractivity contribution < 1.29 is 0 Å². The van der Waals surface area contributed by atoms with Crippen molar-refractivity contribution in [3.63, 3.8) is 0 Å². The number of hydrogen-bond donors (Lipinski definition) is 2. The Balaban J connectivity index is 1.40. The van der Waals surface area contributed by atoms with Crippen molar-refractivity contribution in [1.29, 1.82) is 0 Å². The van der Waals surface area contributed by atoms with Crippen molar-refractivity contribution in [2.45, 2.75) is 32.1 Å². The van der Waals surface area contributed by atoms with Gasteiger partial charge < -0.3 is 20.4 Å². The molecule has 1 unspecified atom stereocenters. The average molecular weight is 406 g/mol. The first-order valence-corrected chi connectivity index (χ1v) is 11.1. The molecule has 0 amide bonds. The maximum Gasteiger partial charge on any atom is 0.191 e. The Labute approximate surface area is 175 Å². The van der Waals surface area contributed by atoms with Crippen LogP contribution in [-0.2, 0) is 5.41 Å². The average Bonchev–Trinajstić information content (AvgIpc) is 3.50. The van der Waals surface area contributed by atoms with Crippen LogP contribution in [0, 0.1) is 5.92 Å². The third-order valence-electron chi connectivity index (χ3n) is 6.21. The lowest BCUT2D eigenvalue weighted by Crippen LogP contribution is -2.49. The molecule has 28 heavy (non-hydrogen) atoms. The summed E-state index contributed by atoms with van der Waals surface area (Å²) in [6.45, 7) is 13.5. The van der Waals surface area contributed by atoms with Gasteiger partial charge in [0.15, 0.2) is 5.96 Å². The van der Waals surface area contributed by atoms with Crippen molar-refractivity contribution in [2.75, 3.05) is 59.4 Å². The summed E-state index contributed by atoms with van der Waals surface area (Å²) in [4.78, 5) is 9.53. The van der Waals surface area contributed by atoms with Crippen LogP contribution in [-0.4, -0.2) is 75.2 Å². The van der Waals surface area contributed by atoms with Crippen LogP contribution in [0.15, 0.2) is 29.3 Å². The maximum absolute atomic E-state index is 6.19. The van der Waals surface area contributed by atoms with Crippen LogP contribution in [0.25, 0.3) is 0 Å².